The average Bonchev–Trinajstić information content (AvgIpc) is 4.10. The number of rotatable bonds is 11. The van der Waals surface area contributed by atoms with E-state index in [-0.39, 0.29) is 24.2 Å². The van der Waals surface area contributed by atoms with Crippen molar-refractivity contribution in [2.24, 2.45) is 11.3 Å². The van der Waals surface area contributed by atoms with Gasteiger partial charge in [0.25, 0.3) is 0 Å². The van der Waals surface area contributed by atoms with E-state index in [0.717, 1.165) is 11.1 Å². The number of halogens is 5. The van der Waals surface area contributed by atoms with Gasteiger partial charge in [0, 0.05) is 30.1 Å². The van der Waals surface area contributed by atoms with E-state index in [2.05, 4.69) is 10.6 Å². The van der Waals surface area contributed by atoms with Crippen LogP contribution in [0.1, 0.15) is 48.3 Å². The highest BCUT2D eigenvalue weighted by molar-refractivity contribution is 5.99. The Labute approximate surface area is 308 Å². The largest absolute Gasteiger partial charge is 0.457 e. The van der Waals surface area contributed by atoms with Crippen molar-refractivity contribution < 1.29 is 45.8 Å². The molecular weight excluding hydrogens is 709 g/mol. The zero-order valence-electron chi connectivity index (χ0n) is 29.1. The molecule has 13 heteroatoms. The van der Waals surface area contributed by atoms with Crippen molar-refractivity contribution in [1.29, 1.82) is 0 Å². The summed E-state index contributed by atoms with van der Waals surface area (Å²) in [7, 11) is 0. The van der Waals surface area contributed by atoms with Crippen LogP contribution in [0.5, 0.6) is 11.5 Å². The number of carbonyl (C=O) groups excluding carboxylic acids is 2. The topological polar surface area (TPSA) is 97.9 Å². The molecule has 1 saturated heterocycles. The number of alkyl halides is 3. The summed E-state index contributed by atoms with van der Waals surface area (Å²) in [6.07, 6.45) is -3.81. The summed E-state index contributed by atoms with van der Waals surface area (Å²) in [6, 6.07) is 27.7. The molecule has 4 fully saturated rings. The van der Waals surface area contributed by atoms with Gasteiger partial charge in [-0.05, 0) is 91.3 Å². The highest BCUT2D eigenvalue weighted by atomic mass is 19.4. The zero-order chi connectivity index (χ0) is 37.7. The van der Waals surface area contributed by atoms with Gasteiger partial charge in [0.15, 0.2) is 0 Å². The van der Waals surface area contributed by atoms with Crippen LogP contribution in [0.4, 0.5) is 32.4 Å². The molecule has 4 aliphatic rings. The lowest BCUT2D eigenvalue weighted by Crippen LogP contribution is -2.53. The number of anilines is 1. The first-order valence-electron chi connectivity index (χ1n) is 17.9. The van der Waals surface area contributed by atoms with Crippen LogP contribution >= 0.6 is 0 Å². The summed E-state index contributed by atoms with van der Waals surface area (Å²) in [5.41, 5.74) is 0.272. The Hall–Kier alpha value is -5.01. The Kier molecular flexibility index (Phi) is 9.12. The molecule has 3 aliphatic carbocycles. The predicted molar refractivity (Wildman–Crippen MR) is 188 cm³/mol. The molecule has 1 aliphatic heterocycles. The van der Waals surface area contributed by atoms with Crippen LogP contribution in [-0.4, -0.2) is 55.1 Å². The molecule has 0 bridgehead atoms. The Bertz CT molecular complexity index is 2010. The number of amides is 2. The maximum absolute atomic E-state index is 15.5. The molecule has 8 nitrogen and oxygen atoms in total. The summed E-state index contributed by atoms with van der Waals surface area (Å²) >= 11 is 0. The predicted octanol–water partition coefficient (Wildman–Crippen LogP) is 8.03. The van der Waals surface area contributed by atoms with Crippen LogP contribution in [0.3, 0.4) is 0 Å². The number of ether oxygens (including phenoxy) is 3. The fourth-order valence-corrected chi connectivity index (χ4v) is 7.81. The fraction of sp³-hybridized carbons (Fsp3) is 0.366. The standard InChI is InChI=1S/C41H38F5N3O5/c42-28-13-9-25(10-14-28)35(26-11-15-30(16-12-26)53-29-5-2-1-3-6-29)38(17-18-38)36(50)49-33-8-4-7-32(43)31(33)19-27-20-40(27)22-48-39(24-52-40)21-34(39)54-37(51)47-23-41(44,45)46/h1-16,27,34-35,48H,17-24H2,(H,47,51)(H,49,50)/t27-,34-,35+,39?,40?/m0/s1. The molecule has 1 heterocycles. The Balaban J connectivity index is 0.942. The van der Waals surface area contributed by atoms with Crippen molar-refractivity contribution in [1.82, 2.24) is 10.6 Å². The number of morpholine rings is 1. The summed E-state index contributed by atoms with van der Waals surface area (Å²) in [4.78, 5) is 26.2. The van der Waals surface area contributed by atoms with E-state index in [1.54, 1.807) is 29.6 Å². The number of benzene rings is 4. The van der Waals surface area contributed by atoms with E-state index in [1.165, 1.54) is 18.2 Å². The van der Waals surface area contributed by atoms with E-state index < -0.39 is 53.2 Å². The molecule has 8 rings (SSSR count). The summed E-state index contributed by atoms with van der Waals surface area (Å²) < 4.78 is 84.4. The second kappa shape index (κ2) is 13.7. The van der Waals surface area contributed by atoms with Gasteiger partial charge in [-0.1, -0.05) is 48.5 Å². The minimum Gasteiger partial charge on any atom is -0.457 e. The highest BCUT2D eigenvalue weighted by Crippen LogP contribution is 2.60. The summed E-state index contributed by atoms with van der Waals surface area (Å²) in [5, 5.41) is 8.14. The molecule has 3 N–H and O–H groups in total. The normalized spacial score (nSPS) is 25.4. The monoisotopic (exact) mass is 747 g/mol. The smallest absolute Gasteiger partial charge is 0.407 e. The average molecular weight is 748 g/mol. The highest BCUT2D eigenvalue weighted by Gasteiger charge is 2.66. The van der Waals surface area contributed by atoms with Crippen molar-refractivity contribution in [2.75, 3.05) is 25.0 Å². The molecule has 4 aromatic carbocycles. The van der Waals surface area contributed by atoms with Crippen LogP contribution < -0.4 is 20.7 Å². The quantitative estimate of drug-likeness (QED) is 0.135. The zero-order valence-corrected chi connectivity index (χ0v) is 29.1. The van der Waals surface area contributed by atoms with E-state index in [0.29, 0.717) is 61.4 Å². The lowest BCUT2D eigenvalue weighted by molar-refractivity contribution is -0.124. The molecule has 54 heavy (non-hydrogen) atoms. The Morgan fingerprint density at radius 2 is 1.56 bits per heavy atom. The first-order chi connectivity index (χ1) is 25.9. The number of alkyl carbamates (subject to hydrolysis) is 1. The van der Waals surface area contributed by atoms with Crippen molar-refractivity contribution in [3.8, 4) is 11.5 Å². The van der Waals surface area contributed by atoms with Gasteiger partial charge < -0.3 is 30.2 Å². The van der Waals surface area contributed by atoms with Gasteiger partial charge in [-0.3, -0.25) is 4.79 Å². The van der Waals surface area contributed by atoms with E-state index >= 15 is 4.39 Å². The van der Waals surface area contributed by atoms with Gasteiger partial charge in [0.05, 0.1) is 23.2 Å². The second-order valence-corrected chi connectivity index (χ2v) is 14.9. The SMILES string of the molecule is O=C(NCC(F)(F)F)O[C@H]1CC12COC1(CN2)C[C@@H]1Cc1c(F)cccc1NC(=O)C1([C@H](c2ccc(F)cc2)c2ccc(Oc3ccccc3)cc2)CC1. The van der Waals surface area contributed by atoms with Crippen molar-refractivity contribution >= 4 is 17.7 Å². The molecule has 2 spiro atoms. The van der Waals surface area contributed by atoms with Gasteiger partial charge >= 0.3 is 12.3 Å². The van der Waals surface area contributed by atoms with Crippen LogP contribution in [0.15, 0.2) is 97.1 Å². The third-order valence-corrected chi connectivity index (χ3v) is 11.2. The van der Waals surface area contributed by atoms with E-state index in [1.807, 2.05) is 54.6 Å². The fourth-order valence-electron chi connectivity index (χ4n) is 7.81. The molecule has 282 valence electrons. The minimum atomic E-state index is -4.54. The molecule has 0 aromatic heterocycles. The summed E-state index contributed by atoms with van der Waals surface area (Å²) in [5.74, 6) is -0.251. The number of para-hydroxylation sites is 1. The van der Waals surface area contributed by atoms with Gasteiger partial charge in [-0.25, -0.2) is 13.6 Å². The Morgan fingerprint density at radius 1 is 0.870 bits per heavy atom. The van der Waals surface area contributed by atoms with Crippen LogP contribution in [0.25, 0.3) is 0 Å². The molecule has 2 unspecified atom stereocenters. The molecular formula is C41H38F5N3O5. The van der Waals surface area contributed by atoms with E-state index in [9.17, 15) is 27.2 Å². The number of hydrogen-bond donors (Lipinski definition) is 3. The van der Waals surface area contributed by atoms with Gasteiger partial charge in [-0.2, -0.15) is 13.2 Å². The van der Waals surface area contributed by atoms with Crippen LogP contribution in [0, 0.1) is 23.0 Å². The Morgan fingerprint density at radius 3 is 2.20 bits per heavy atom. The number of hydrogen-bond acceptors (Lipinski definition) is 6. The third kappa shape index (κ3) is 7.39. The van der Waals surface area contributed by atoms with Gasteiger partial charge in [-0.15, -0.1) is 0 Å². The van der Waals surface area contributed by atoms with Crippen molar-refractivity contribution in [3.63, 3.8) is 0 Å². The minimum absolute atomic E-state index is 0.0680. The van der Waals surface area contributed by atoms with Crippen LogP contribution in [-0.2, 0) is 20.7 Å². The third-order valence-electron chi connectivity index (χ3n) is 11.2. The lowest BCUT2D eigenvalue weighted by Gasteiger charge is -2.32. The van der Waals surface area contributed by atoms with Gasteiger partial charge in [0.1, 0.15) is 35.8 Å². The lowest BCUT2D eigenvalue weighted by atomic mass is 9.77. The number of carbonyl (C=O) groups is 2. The first kappa shape index (κ1) is 36.0. The maximum atomic E-state index is 15.5. The number of nitrogens with one attached hydrogen (secondary N) is 3. The first-order valence-corrected chi connectivity index (χ1v) is 17.9. The van der Waals surface area contributed by atoms with Crippen molar-refractivity contribution in [3.05, 3.63) is 125 Å². The summed E-state index contributed by atoms with van der Waals surface area (Å²) in [6.45, 7) is -0.891. The molecule has 5 atom stereocenters. The molecule has 2 amide bonds. The molecule has 0 radical (unpaired) electrons. The van der Waals surface area contributed by atoms with Gasteiger partial charge in [0.2, 0.25) is 5.91 Å². The molecule has 3 saturated carbocycles. The van der Waals surface area contributed by atoms with E-state index in [4.69, 9.17) is 14.2 Å². The second-order valence-electron chi connectivity index (χ2n) is 14.9. The molecule has 4 aromatic rings. The maximum Gasteiger partial charge on any atom is 0.407 e. The van der Waals surface area contributed by atoms with Crippen molar-refractivity contribution in [2.45, 2.75) is 61.4 Å². The van der Waals surface area contributed by atoms with Crippen LogP contribution in [0.2, 0.25) is 0 Å².